The van der Waals surface area contributed by atoms with Crippen LogP contribution in [-0.2, 0) is 14.3 Å². The summed E-state index contributed by atoms with van der Waals surface area (Å²) < 4.78 is 5.38. The Morgan fingerprint density at radius 1 is 1.07 bits per heavy atom. The van der Waals surface area contributed by atoms with Crippen LogP contribution in [0.25, 0.3) is 0 Å². The number of hydrogen-bond acceptors (Lipinski definition) is 5. The fourth-order valence-electron chi connectivity index (χ4n) is 4.30. The fourth-order valence-corrected chi connectivity index (χ4v) is 4.30. The van der Waals surface area contributed by atoms with Gasteiger partial charge < -0.3 is 19.9 Å². The highest BCUT2D eigenvalue weighted by molar-refractivity contribution is 5.92. The van der Waals surface area contributed by atoms with Gasteiger partial charge in [-0.15, -0.1) is 0 Å². The lowest BCUT2D eigenvalue weighted by molar-refractivity contribution is -0.138. The molecule has 2 fully saturated rings. The average molecular weight is 403 g/mol. The van der Waals surface area contributed by atoms with E-state index in [2.05, 4.69) is 24.1 Å². The number of benzene rings is 1. The number of ether oxygens (including phenoxy) is 1. The second-order valence-electron chi connectivity index (χ2n) is 8.30. The monoisotopic (exact) mass is 402 g/mol. The standard InChI is InChI=1S/C22H34N4O3/c1-17-5-4-6-18(2)26(17)22(28)16-24(3)15-21(27)23-19-7-9-20(10-8-19)25-11-13-29-14-12-25/h7-10,17-18H,4-6,11-16H2,1-3H3,(H,23,27). The Balaban J connectivity index is 1.46. The predicted molar refractivity (Wildman–Crippen MR) is 115 cm³/mol. The smallest absolute Gasteiger partial charge is 0.238 e. The Bertz CT molecular complexity index is 678. The van der Waals surface area contributed by atoms with Gasteiger partial charge in [-0.3, -0.25) is 14.5 Å². The molecule has 0 aliphatic carbocycles. The highest BCUT2D eigenvalue weighted by atomic mass is 16.5. The minimum atomic E-state index is -0.112. The van der Waals surface area contributed by atoms with Crippen molar-refractivity contribution in [2.45, 2.75) is 45.2 Å². The van der Waals surface area contributed by atoms with E-state index >= 15 is 0 Å². The first-order valence-electron chi connectivity index (χ1n) is 10.7. The lowest BCUT2D eigenvalue weighted by atomic mass is 9.97. The first-order valence-corrected chi connectivity index (χ1v) is 10.7. The van der Waals surface area contributed by atoms with Crippen molar-refractivity contribution in [1.29, 1.82) is 0 Å². The number of nitrogens with zero attached hydrogens (tertiary/aromatic N) is 3. The second kappa shape index (κ2) is 10.1. The van der Waals surface area contributed by atoms with E-state index in [0.29, 0.717) is 0 Å². The molecule has 0 saturated carbocycles. The molecule has 0 spiro atoms. The van der Waals surface area contributed by atoms with E-state index in [1.54, 1.807) is 4.90 Å². The summed E-state index contributed by atoms with van der Waals surface area (Å²) in [5.41, 5.74) is 1.91. The summed E-state index contributed by atoms with van der Waals surface area (Å²) in [5.74, 6) is -0.00553. The number of piperidine rings is 1. The average Bonchev–Trinajstić information content (AvgIpc) is 2.69. The number of hydrogen-bond donors (Lipinski definition) is 1. The number of anilines is 2. The van der Waals surface area contributed by atoms with Gasteiger partial charge in [0.15, 0.2) is 0 Å². The van der Waals surface area contributed by atoms with Crippen molar-refractivity contribution < 1.29 is 14.3 Å². The van der Waals surface area contributed by atoms with Crippen molar-refractivity contribution >= 4 is 23.2 Å². The summed E-state index contributed by atoms with van der Waals surface area (Å²) in [6, 6.07) is 8.44. The molecule has 160 valence electrons. The summed E-state index contributed by atoms with van der Waals surface area (Å²) in [6.07, 6.45) is 3.29. The molecule has 0 aromatic heterocycles. The highest BCUT2D eigenvalue weighted by Gasteiger charge is 2.29. The summed E-state index contributed by atoms with van der Waals surface area (Å²) in [6.45, 7) is 7.95. The third-order valence-corrected chi connectivity index (χ3v) is 5.83. The lowest BCUT2D eigenvalue weighted by Gasteiger charge is -2.39. The third kappa shape index (κ3) is 5.93. The fraction of sp³-hybridized carbons (Fsp3) is 0.636. The first-order chi connectivity index (χ1) is 13.9. The molecule has 0 radical (unpaired) electrons. The second-order valence-corrected chi connectivity index (χ2v) is 8.30. The molecule has 2 unspecified atom stereocenters. The summed E-state index contributed by atoms with van der Waals surface area (Å²) in [4.78, 5) is 31.1. The molecule has 1 aromatic carbocycles. The van der Waals surface area contributed by atoms with Gasteiger partial charge in [-0.05, 0) is 64.4 Å². The predicted octanol–water partition coefficient (Wildman–Crippen LogP) is 2.18. The van der Waals surface area contributed by atoms with Crippen LogP contribution in [0.5, 0.6) is 0 Å². The zero-order chi connectivity index (χ0) is 20.8. The van der Waals surface area contributed by atoms with Gasteiger partial charge >= 0.3 is 0 Å². The van der Waals surface area contributed by atoms with Crippen molar-refractivity contribution in [3.63, 3.8) is 0 Å². The van der Waals surface area contributed by atoms with Gasteiger partial charge in [-0.25, -0.2) is 0 Å². The van der Waals surface area contributed by atoms with Crippen molar-refractivity contribution in [2.75, 3.05) is 56.7 Å². The highest BCUT2D eigenvalue weighted by Crippen LogP contribution is 2.22. The van der Waals surface area contributed by atoms with Crippen molar-refractivity contribution in [1.82, 2.24) is 9.80 Å². The lowest BCUT2D eigenvalue weighted by Crippen LogP contribution is -2.51. The van der Waals surface area contributed by atoms with Gasteiger partial charge in [-0.2, -0.15) is 0 Å². The molecule has 1 aromatic rings. The Kier molecular flexibility index (Phi) is 7.50. The molecule has 2 aliphatic rings. The molecule has 2 atom stereocenters. The van der Waals surface area contributed by atoms with Gasteiger partial charge in [0.2, 0.25) is 11.8 Å². The number of carbonyl (C=O) groups is 2. The number of rotatable bonds is 6. The maximum absolute atomic E-state index is 12.7. The number of likely N-dealkylation sites (N-methyl/N-ethyl adjacent to an activating group) is 1. The van der Waals surface area contributed by atoms with Gasteiger partial charge in [-0.1, -0.05) is 0 Å². The van der Waals surface area contributed by atoms with Gasteiger partial charge in [0.05, 0.1) is 26.3 Å². The minimum absolute atomic E-state index is 0.106. The molecule has 3 rings (SSSR count). The molecule has 7 heteroatoms. The Morgan fingerprint density at radius 3 is 2.31 bits per heavy atom. The normalized spacial score (nSPS) is 22.6. The van der Waals surface area contributed by atoms with Crippen LogP contribution in [0.2, 0.25) is 0 Å². The first kappa shape index (κ1) is 21.6. The number of carbonyl (C=O) groups excluding carboxylic acids is 2. The van der Waals surface area contributed by atoms with Crippen LogP contribution in [0.1, 0.15) is 33.1 Å². The van der Waals surface area contributed by atoms with Crippen molar-refractivity contribution in [3.8, 4) is 0 Å². The van der Waals surface area contributed by atoms with Gasteiger partial charge in [0.1, 0.15) is 0 Å². The number of morpholine rings is 1. The topological polar surface area (TPSA) is 65.1 Å². The molecule has 2 amide bonds. The number of amides is 2. The van der Waals surface area contributed by atoms with E-state index in [9.17, 15) is 9.59 Å². The Hall–Kier alpha value is -2.12. The molecular weight excluding hydrogens is 368 g/mol. The van der Waals surface area contributed by atoms with E-state index in [0.717, 1.165) is 50.5 Å². The molecule has 2 aliphatic heterocycles. The van der Waals surface area contributed by atoms with Crippen molar-refractivity contribution in [2.24, 2.45) is 0 Å². The zero-order valence-corrected chi connectivity index (χ0v) is 17.9. The Labute approximate surface area is 174 Å². The van der Waals surface area contributed by atoms with Crippen LogP contribution < -0.4 is 10.2 Å². The molecule has 7 nitrogen and oxygen atoms in total. The summed E-state index contributed by atoms with van der Waals surface area (Å²) >= 11 is 0. The maximum Gasteiger partial charge on any atom is 0.238 e. The van der Waals surface area contributed by atoms with E-state index in [1.165, 1.54) is 6.42 Å². The molecule has 29 heavy (non-hydrogen) atoms. The molecule has 2 saturated heterocycles. The molecule has 1 N–H and O–H groups in total. The van der Waals surface area contributed by atoms with E-state index in [-0.39, 0.29) is 37.0 Å². The molecular formula is C22H34N4O3. The third-order valence-electron chi connectivity index (χ3n) is 5.83. The van der Waals surface area contributed by atoms with E-state index < -0.39 is 0 Å². The van der Waals surface area contributed by atoms with Crippen LogP contribution in [0, 0.1) is 0 Å². The van der Waals surface area contributed by atoms with Crippen LogP contribution in [0.15, 0.2) is 24.3 Å². The molecule has 2 heterocycles. The van der Waals surface area contributed by atoms with Crippen molar-refractivity contribution in [3.05, 3.63) is 24.3 Å². The number of likely N-dealkylation sites (tertiary alicyclic amines) is 1. The summed E-state index contributed by atoms with van der Waals surface area (Å²) in [7, 11) is 1.82. The zero-order valence-electron chi connectivity index (χ0n) is 17.9. The SMILES string of the molecule is CC1CCCC(C)N1C(=O)CN(C)CC(=O)Nc1ccc(N2CCOCC2)cc1. The maximum atomic E-state index is 12.7. The van der Waals surface area contributed by atoms with Crippen LogP contribution in [0.3, 0.4) is 0 Å². The van der Waals surface area contributed by atoms with E-state index in [4.69, 9.17) is 4.74 Å². The quantitative estimate of drug-likeness (QED) is 0.790. The minimum Gasteiger partial charge on any atom is -0.378 e. The summed E-state index contributed by atoms with van der Waals surface area (Å²) in [5, 5.41) is 2.92. The Morgan fingerprint density at radius 2 is 1.69 bits per heavy atom. The van der Waals surface area contributed by atoms with Gasteiger partial charge in [0.25, 0.3) is 0 Å². The largest absolute Gasteiger partial charge is 0.378 e. The van der Waals surface area contributed by atoms with E-state index in [1.807, 2.05) is 36.2 Å². The molecule has 0 bridgehead atoms. The number of nitrogens with one attached hydrogen (secondary N) is 1. The van der Waals surface area contributed by atoms with Crippen LogP contribution in [0.4, 0.5) is 11.4 Å². The van der Waals surface area contributed by atoms with Crippen LogP contribution >= 0.6 is 0 Å². The van der Waals surface area contributed by atoms with Gasteiger partial charge in [0, 0.05) is 36.5 Å². The van der Waals surface area contributed by atoms with Crippen LogP contribution in [-0.4, -0.2) is 80.1 Å².